The molecule has 0 spiro atoms. The van der Waals surface area contributed by atoms with E-state index in [1.54, 1.807) is 24.3 Å². The molecule has 0 radical (unpaired) electrons. The number of benzene rings is 1. The van der Waals surface area contributed by atoms with Crippen LogP contribution in [0, 0.1) is 0 Å². The molecule has 1 amide bonds. The van der Waals surface area contributed by atoms with Gasteiger partial charge >= 0.3 is 5.97 Å². The van der Waals surface area contributed by atoms with E-state index in [2.05, 4.69) is 10.3 Å². The molecule has 0 saturated carbocycles. The molecule has 0 atom stereocenters. The van der Waals surface area contributed by atoms with Crippen molar-refractivity contribution in [1.29, 1.82) is 0 Å². The molecule has 1 heterocycles. The van der Waals surface area contributed by atoms with Gasteiger partial charge in [0, 0.05) is 10.6 Å². The lowest BCUT2D eigenvalue weighted by Crippen LogP contribution is -2.20. The lowest BCUT2D eigenvalue weighted by atomic mass is 10.1. The van der Waals surface area contributed by atoms with Crippen LogP contribution in [0.15, 0.2) is 24.3 Å². The van der Waals surface area contributed by atoms with Crippen LogP contribution in [0.1, 0.15) is 10.5 Å². The first kappa shape index (κ1) is 13.0. The molecule has 3 N–H and O–H groups in total. The Morgan fingerprint density at radius 2 is 2.16 bits per heavy atom. The van der Waals surface area contributed by atoms with E-state index in [0.717, 1.165) is 4.68 Å². The summed E-state index contributed by atoms with van der Waals surface area (Å²) in [5.74, 6) is -1.89. The number of carbonyl (C=O) groups is 2. The Morgan fingerprint density at radius 1 is 1.42 bits per heavy atom. The van der Waals surface area contributed by atoms with E-state index in [-0.39, 0.29) is 17.9 Å². The van der Waals surface area contributed by atoms with Crippen LogP contribution in [0.4, 0.5) is 0 Å². The predicted molar refractivity (Wildman–Crippen MR) is 66.6 cm³/mol. The Hall–Kier alpha value is -2.41. The normalized spacial score (nSPS) is 10.4. The standard InChI is InChI=1S/C11H9ClN4O3/c12-7-3-1-2-6(4-7)10-9(11(18)19)14-15-16(10)5-8(13)17/h1-4H,5H2,(H2,13,17)(H,18,19). The molecule has 1 aromatic heterocycles. The number of nitrogens with two attached hydrogens (primary N) is 1. The summed E-state index contributed by atoms with van der Waals surface area (Å²) in [5.41, 5.74) is 5.51. The summed E-state index contributed by atoms with van der Waals surface area (Å²) in [7, 11) is 0. The number of primary amides is 1. The minimum atomic E-state index is -1.24. The fourth-order valence-corrected chi connectivity index (χ4v) is 1.83. The Labute approximate surface area is 112 Å². The summed E-state index contributed by atoms with van der Waals surface area (Å²) in [5, 5.41) is 16.7. The molecule has 7 nitrogen and oxygen atoms in total. The average molecular weight is 281 g/mol. The van der Waals surface area contributed by atoms with Crippen molar-refractivity contribution in [2.24, 2.45) is 5.73 Å². The molecule has 19 heavy (non-hydrogen) atoms. The van der Waals surface area contributed by atoms with Crippen molar-refractivity contribution in [1.82, 2.24) is 15.0 Å². The fourth-order valence-electron chi connectivity index (χ4n) is 1.64. The molecule has 2 rings (SSSR count). The third kappa shape index (κ3) is 2.71. The second-order valence-corrected chi connectivity index (χ2v) is 4.16. The van der Waals surface area contributed by atoms with Gasteiger partial charge in [0.05, 0.1) is 0 Å². The Kier molecular flexibility index (Phi) is 3.48. The highest BCUT2D eigenvalue weighted by Gasteiger charge is 2.21. The fraction of sp³-hybridized carbons (Fsp3) is 0.0909. The van der Waals surface area contributed by atoms with Crippen LogP contribution >= 0.6 is 11.6 Å². The van der Waals surface area contributed by atoms with Crippen molar-refractivity contribution in [3.8, 4) is 11.3 Å². The number of nitrogens with zero attached hydrogens (tertiary/aromatic N) is 3. The molecule has 0 aliphatic heterocycles. The van der Waals surface area contributed by atoms with Gasteiger partial charge in [-0.2, -0.15) is 0 Å². The maximum absolute atomic E-state index is 11.1. The number of halogens is 1. The van der Waals surface area contributed by atoms with E-state index in [0.29, 0.717) is 10.6 Å². The number of amides is 1. The number of hydrogen-bond acceptors (Lipinski definition) is 4. The molecule has 0 aliphatic carbocycles. The molecule has 0 bridgehead atoms. The van der Waals surface area contributed by atoms with Gasteiger partial charge in [-0.25, -0.2) is 9.48 Å². The number of carbonyl (C=O) groups excluding carboxylic acids is 1. The van der Waals surface area contributed by atoms with Gasteiger partial charge in [-0.05, 0) is 12.1 Å². The summed E-state index contributed by atoms with van der Waals surface area (Å²) in [4.78, 5) is 22.1. The Balaban J connectivity index is 2.61. The zero-order valence-electron chi connectivity index (χ0n) is 9.58. The molecule has 2 aromatic rings. The van der Waals surface area contributed by atoms with Crippen molar-refractivity contribution >= 4 is 23.5 Å². The lowest BCUT2D eigenvalue weighted by Gasteiger charge is -2.05. The van der Waals surface area contributed by atoms with E-state index in [9.17, 15) is 9.59 Å². The first-order valence-electron chi connectivity index (χ1n) is 5.20. The highest BCUT2D eigenvalue weighted by atomic mass is 35.5. The van der Waals surface area contributed by atoms with Crippen LogP contribution in [0.3, 0.4) is 0 Å². The summed E-state index contributed by atoms with van der Waals surface area (Å²) in [6.45, 7) is -0.262. The number of hydrogen-bond donors (Lipinski definition) is 2. The average Bonchev–Trinajstić information content (AvgIpc) is 2.71. The van der Waals surface area contributed by atoms with Gasteiger partial charge in [0.2, 0.25) is 5.91 Å². The van der Waals surface area contributed by atoms with Crippen molar-refractivity contribution in [2.75, 3.05) is 0 Å². The maximum Gasteiger partial charge on any atom is 0.358 e. The van der Waals surface area contributed by atoms with Crippen molar-refractivity contribution < 1.29 is 14.7 Å². The lowest BCUT2D eigenvalue weighted by molar-refractivity contribution is -0.118. The van der Waals surface area contributed by atoms with Crippen LogP contribution < -0.4 is 5.73 Å². The SMILES string of the molecule is NC(=O)Cn1nnc(C(=O)O)c1-c1cccc(Cl)c1. The highest BCUT2D eigenvalue weighted by Crippen LogP contribution is 2.25. The highest BCUT2D eigenvalue weighted by molar-refractivity contribution is 6.30. The van der Waals surface area contributed by atoms with E-state index in [1.165, 1.54) is 0 Å². The Morgan fingerprint density at radius 3 is 2.74 bits per heavy atom. The largest absolute Gasteiger partial charge is 0.476 e. The maximum atomic E-state index is 11.1. The minimum absolute atomic E-state index is 0.189. The van der Waals surface area contributed by atoms with Gasteiger partial charge < -0.3 is 10.8 Å². The predicted octanol–water partition coefficient (Wildman–Crippen LogP) is 0.782. The second kappa shape index (κ2) is 5.07. The van der Waals surface area contributed by atoms with Gasteiger partial charge in [-0.15, -0.1) is 5.10 Å². The number of aromatic nitrogens is 3. The first-order valence-corrected chi connectivity index (χ1v) is 5.58. The second-order valence-electron chi connectivity index (χ2n) is 3.73. The van der Waals surface area contributed by atoms with Crippen LogP contribution in [0.2, 0.25) is 5.02 Å². The van der Waals surface area contributed by atoms with Crippen LogP contribution in [0.25, 0.3) is 11.3 Å². The van der Waals surface area contributed by atoms with Crippen LogP contribution in [0.5, 0.6) is 0 Å². The third-order valence-electron chi connectivity index (χ3n) is 2.34. The van der Waals surface area contributed by atoms with E-state index >= 15 is 0 Å². The molecule has 98 valence electrons. The number of carboxylic acid groups (broad SMARTS) is 1. The van der Waals surface area contributed by atoms with Gasteiger partial charge in [0.1, 0.15) is 12.2 Å². The van der Waals surface area contributed by atoms with Crippen molar-refractivity contribution in [3.05, 3.63) is 35.0 Å². The van der Waals surface area contributed by atoms with E-state index in [4.69, 9.17) is 22.4 Å². The van der Waals surface area contributed by atoms with Crippen LogP contribution in [-0.2, 0) is 11.3 Å². The van der Waals surface area contributed by atoms with Gasteiger partial charge in [0.25, 0.3) is 0 Å². The Bertz CT molecular complexity index is 653. The molecule has 0 saturated heterocycles. The number of aromatic carboxylic acids is 1. The zero-order valence-corrected chi connectivity index (χ0v) is 10.3. The van der Waals surface area contributed by atoms with Gasteiger partial charge in [-0.1, -0.05) is 28.9 Å². The van der Waals surface area contributed by atoms with Crippen LogP contribution in [-0.4, -0.2) is 32.0 Å². The minimum Gasteiger partial charge on any atom is -0.476 e. The monoisotopic (exact) mass is 280 g/mol. The number of carboxylic acids is 1. The van der Waals surface area contributed by atoms with Gasteiger partial charge in [0.15, 0.2) is 5.69 Å². The molecule has 8 heteroatoms. The summed E-state index contributed by atoms with van der Waals surface area (Å²) in [6, 6.07) is 6.51. The summed E-state index contributed by atoms with van der Waals surface area (Å²) >= 11 is 5.86. The summed E-state index contributed by atoms with van der Waals surface area (Å²) < 4.78 is 1.14. The smallest absolute Gasteiger partial charge is 0.358 e. The molecular formula is C11H9ClN4O3. The van der Waals surface area contributed by atoms with Crippen molar-refractivity contribution in [2.45, 2.75) is 6.54 Å². The quantitative estimate of drug-likeness (QED) is 0.860. The first-order chi connectivity index (χ1) is 8.99. The zero-order chi connectivity index (χ0) is 14.0. The molecule has 0 fully saturated rings. The molecule has 0 unspecified atom stereocenters. The van der Waals surface area contributed by atoms with E-state index < -0.39 is 11.9 Å². The third-order valence-corrected chi connectivity index (χ3v) is 2.58. The molecule has 0 aliphatic rings. The topological polar surface area (TPSA) is 111 Å². The van der Waals surface area contributed by atoms with Crippen molar-refractivity contribution in [3.63, 3.8) is 0 Å². The number of rotatable bonds is 4. The van der Waals surface area contributed by atoms with E-state index in [1.807, 2.05) is 0 Å². The van der Waals surface area contributed by atoms with Gasteiger partial charge in [-0.3, -0.25) is 4.79 Å². The summed E-state index contributed by atoms with van der Waals surface area (Å²) in [6.07, 6.45) is 0. The molecular weight excluding hydrogens is 272 g/mol. The molecule has 1 aromatic carbocycles.